The van der Waals surface area contributed by atoms with Crippen molar-refractivity contribution in [3.8, 4) is 0 Å². The summed E-state index contributed by atoms with van der Waals surface area (Å²) in [6.07, 6.45) is 13.4. The Bertz CT molecular complexity index is 893. The van der Waals surface area contributed by atoms with E-state index in [1.54, 1.807) is 18.6 Å². The van der Waals surface area contributed by atoms with Crippen LogP contribution in [0.4, 0.5) is 0 Å². The molecular formula is C26H33ClLiN3O2-2. The summed E-state index contributed by atoms with van der Waals surface area (Å²) in [6, 6.07) is 7.79. The molecule has 1 aliphatic rings. The molecule has 33 heavy (non-hydrogen) atoms. The van der Waals surface area contributed by atoms with Crippen molar-refractivity contribution < 1.29 is 28.4 Å². The molecule has 1 aliphatic carbocycles. The van der Waals surface area contributed by atoms with Gasteiger partial charge < -0.3 is 27.6 Å². The van der Waals surface area contributed by atoms with Crippen LogP contribution in [0.15, 0.2) is 42.6 Å². The zero-order chi connectivity index (χ0) is 23.3. The number of hydrogen-bond donors (Lipinski definition) is 0. The molecule has 174 valence electrons. The number of rotatable bonds is 12. The molecule has 7 heteroatoms. The van der Waals surface area contributed by atoms with Crippen molar-refractivity contribution in [3.05, 3.63) is 78.1 Å². The Labute approximate surface area is 215 Å². The number of Topliss-reactive ketones (excluding diaryl/α,β-unsaturated/α-hetero) is 1. The summed E-state index contributed by atoms with van der Waals surface area (Å²) in [5, 5.41) is 0.768. The second-order valence-corrected chi connectivity index (χ2v) is 8.39. The van der Waals surface area contributed by atoms with Crippen molar-refractivity contribution >= 4 is 23.7 Å². The van der Waals surface area contributed by atoms with E-state index in [9.17, 15) is 9.59 Å². The quantitative estimate of drug-likeness (QED) is 0.210. The monoisotopic (exact) mass is 461 g/mol. The fraction of sp³-hybridized carbons (Fsp3) is 0.423. The Morgan fingerprint density at radius 1 is 1.39 bits per heavy atom. The van der Waals surface area contributed by atoms with Gasteiger partial charge in [0, 0.05) is 11.4 Å². The van der Waals surface area contributed by atoms with Crippen LogP contribution in [0.1, 0.15) is 54.5 Å². The summed E-state index contributed by atoms with van der Waals surface area (Å²) in [6.45, 7) is 8.55. The van der Waals surface area contributed by atoms with Gasteiger partial charge in [-0.25, -0.2) is 6.08 Å². The summed E-state index contributed by atoms with van der Waals surface area (Å²) in [4.78, 5) is 28.4. The third-order valence-electron chi connectivity index (χ3n) is 5.42. The Hall–Kier alpha value is -1.77. The number of imidazole rings is 1. The molecule has 3 rings (SSSR count). The minimum absolute atomic E-state index is 0. The summed E-state index contributed by atoms with van der Waals surface area (Å²) < 4.78 is 1.93. The second-order valence-electron chi connectivity index (χ2n) is 7.99. The molecule has 0 bridgehead atoms. The van der Waals surface area contributed by atoms with Gasteiger partial charge in [-0.15, -0.1) is 6.54 Å². The van der Waals surface area contributed by atoms with Crippen LogP contribution >= 0.6 is 11.6 Å². The number of nitrogens with zero attached hydrogens (tertiary/aromatic N) is 3. The van der Waals surface area contributed by atoms with Gasteiger partial charge in [0.2, 0.25) is 0 Å². The number of hydrogen-bond acceptors (Lipinski definition) is 4. The molecule has 0 spiro atoms. The minimum Gasteiger partial charge on any atom is -0.419 e. The van der Waals surface area contributed by atoms with E-state index >= 15 is 0 Å². The van der Waals surface area contributed by atoms with Gasteiger partial charge in [0.1, 0.15) is 0 Å². The molecule has 0 aliphatic heterocycles. The predicted molar refractivity (Wildman–Crippen MR) is 130 cm³/mol. The number of halogens is 1. The topological polar surface area (TPSA) is 55.2 Å². The summed E-state index contributed by atoms with van der Waals surface area (Å²) in [5.74, 6) is 1.50. The van der Waals surface area contributed by atoms with Crippen LogP contribution in [0.3, 0.4) is 0 Å². The third-order valence-corrected chi connectivity index (χ3v) is 5.79. The van der Waals surface area contributed by atoms with Gasteiger partial charge in [-0.2, -0.15) is 12.0 Å². The minimum atomic E-state index is 0. The van der Waals surface area contributed by atoms with E-state index in [-0.39, 0.29) is 24.6 Å². The van der Waals surface area contributed by atoms with Gasteiger partial charge in [0.25, 0.3) is 0 Å². The normalized spacial score (nSPS) is 12.8. The molecule has 1 fully saturated rings. The van der Waals surface area contributed by atoms with Crippen molar-refractivity contribution in [2.24, 2.45) is 5.92 Å². The average Bonchev–Trinajstić information content (AvgIpc) is 3.55. The molecule has 0 saturated heterocycles. The maximum atomic E-state index is 12.5. The van der Waals surface area contributed by atoms with Crippen LogP contribution in [-0.2, 0) is 17.8 Å². The fourth-order valence-corrected chi connectivity index (χ4v) is 3.34. The molecule has 1 heterocycles. The Morgan fingerprint density at radius 2 is 2.12 bits per heavy atom. The number of aryl methyl sites for hydroxylation is 1. The van der Waals surface area contributed by atoms with Gasteiger partial charge in [0.15, 0.2) is 5.78 Å². The zero-order valence-electron chi connectivity index (χ0n) is 20.1. The van der Waals surface area contributed by atoms with Crippen molar-refractivity contribution in [2.45, 2.75) is 45.6 Å². The van der Waals surface area contributed by atoms with Gasteiger partial charge in [-0.3, -0.25) is 9.78 Å². The number of likely N-dealkylation sites (N-methyl/N-ethyl adjacent to an activating group) is 1. The smallest absolute Gasteiger partial charge is 0.419 e. The molecule has 0 atom stereocenters. The molecule has 0 N–H and O–H groups in total. The van der Waals surface area contributed by atoms with Crippen LogP contribution in [-0.4, -0.2) is 46.7 Å². The maximum absolute atomic E-state index is 12.5. The van der Waals surface area contributed by atoms with Crippen molar-refractivity contribution in [1.82, 2.24) is 14.5 Å². The van der Waals surface area contributed by atoms with Gasteiger partial charge in [-0.05, 0) is 56.7 Å². The molecule has 1 saturated carbocycles. The second kappa shape index (κ2) is 16.0. The number of carbonyl (C=O) groups excluding carboxylic acids is 2. The number of aromatic nitrogens is 2. The van der Waals surface area contributed by atoms with Crippen LogP contribution in [0.2, 0.25) is 5.02 Å². The van der Waals surface area contributed by atoms with E-state index in [2.05, 4.69) is 30.2 Å². The van der Waals surface area contributed by atoms with Crippen molar-refractivity contribution in [3.63, 3.8) is 0 Å². The summed E-state index contributed by atoms with van der Waals surface area (Å²) in [5.41, 5.74) is 1.77. The van der Waals surface area contributed by atoms with E-state index in [1.165, 1.54) is 18.9 Å². The number of carbonyl (C=O) groups is 1. The zero-order valence-corrected chi connectivity index (χ0v) is 20.9. The molecule has 0 amide bonds. The van der Waals surface area contributed by atoms with Gasteiger partial charge >= 0.3 is 18.9 Å². The Balaban J connectivity index is 0.000000467. The van der Waals surface area contributed by atoms with Crippen LogP contribution < -0.4 is 18.9 Å². The summed E-state index contributed by atoms with van der Waals surface area (Å²) >= 11 is 6.15. The molecule has 0 unspecified atom stereocenters. The van der Waals surface area contributed by atoms with E-state index < -0.39 is 0 Å². The van der Waals surface area contributed by atoms with Crippen LogP contribution in [0, 0.1) is 19.3 Å². The maximum Gasteiger partial charge on any atom is 1.00 e. The van der Waals surface area contributed by atoms with E-state index in [4.69, 9.17) is 11.6 Å². The number of benzene rings is 1. The first-order valence-corrected chi connectivity index (χ1v) is 11.5. The molecular weight excluding hydrogens is 429 g/mol. The van der Waals surface area contributed by atoms with Crippen LogP contribution in [0.5, 0.6) is 0 Å². The first-order chi connectivity index (χ1) is 15.5. The fourth-order valence-electron chi connectivity index (χ4n) is 3.11. The summed E-state index contributed by atoms with van der Waals surface area (Å²) in [7, 11) is 2.00. The Morgan fingerprint density at radius 3 is 2.76 bits per heavy atom. The molecule has 1 aromatic heterocycles. The molecule has 1 aromatic carbocycles. The predicted octanol–water partition coefficient (Wildman–Crippen LogP) is 2.15. The Kier molecular flexibility index (Phi) is 14.1. The molecule has 0 radical (unpaired) electrons. The van der Waals surface area contributed by atoms with Gasteiger partial charge in [0.05, 0.1) is 11.9 Å². The first kappa shape index (κ1) is 29.3. The number of allylic oxidation sites excluding steroid dienone is 1. The van der Waals surface area contributed by atoms with Crippen molar-refractivity contribution in [2.75, 3.05) is 20.1 Å². The first-order valence-electron chi connectivity index (χ1n) is 11.1. The van der Waals surface area contributed by atoms with Gasteiger partial charge in [-0.1, -0.05) is 49.6 Å². The van der Waals surface area contributed by atoms with Crippen LogP contribution in [0.25, 0.3) is 0 Å². The van der Waals surface area contributed by atoms with E-state index in [0.29, 0.717) is 23.9 Å². The largest absolute Gasteiger partial charge is 1.00 e. The van der Waals surface area contributed by atoms with Crippen molar-refractivity contribution in [1.29, 1.82) is 0 Å². The SMILES string of the molecule is CCN(C)C/C=C/[C-]=O.[CH2-]c1ncc(C(=O)CCCc2ccccc2Cl)n1C[CH-]C1CC1.[Li+]. The van der Waals surface area contributed by atoms with E-state index in [0.717, 1.165) is 43.1 Å². The standard InChI is InChI=1S/C19H21ClN2O.C7H12NO.Li/c1-14-21-13-18(22(14)12-11-15-9-10-15)19(23)8-4-6-16-5-2-3-7-17(16)20;1-3-8(2)6-4-5-7-9;/h2-3,5,7,11,13,15H,1,4,6,8-10,12H2;4-5H,3,6H2,1-2H3;/q-2;-1;+1/b;5-4+;. The molecule has 5 nitrogen and oxygen atoms in total. The molecule has 2 aromatic rings. The van der Waals surface area contributed by atoms with E-state index in [1.807, 2.05) is 35.9 Å². The average molecular weight is 462 g/mol. The third kappa shape index (κ3) is 10.8. The number of ketones is 1.